The summed E-state index contributed by atoms with van der Waals surface area (Å²) in [7, 11) is 0. The number of anilines is 2. The lowest BCUT2D eigenvalue weighted by molar-refractivity contribution is 0.102. The molecule has 2 aromatic carbocycles. The Bertz CT molecular complexity index is 834. The first-order chi connectivity index (χ1) is 12.7. The van der Waals surface area contributed by atoms with E-state index in [2.05, 4.69) is 27.8 Å². The predicted molar refractivity (Wildman–Crippen MR) is 109 cm³/mol. The number of rotatable bonds is 8. The lowest BCUT2D eigenvalue weighted by Gasteiger charge is -2.06. The van der Waals surface area contributed by atoms with Crippen molar-refractivity contribution in [1.29, 1.82) is 0 Å². The monoisotopic (exact) mass is 384 g/mol. The van der Waals surface area contributed by atoms with Crippen LogP contribution in [-0.2, 0) is 5.75 Å². The molecule has 0 spiro atoms. The van der Waals surface area contributed by atoms with Crippen LogP contribution in [0.15, 0.2) is 58.9 Å². The summed E-state index contributed by atoms with van der Waals surface area (Å²) in [5.74, 6) is 0.689. The van der Waals surface area contributed by atoms with Crippen molar-refractivity contribution in [3.05, 3.63) is 65.7 Å². The highest BCUT2D eigenvalue weighted by Gasteiger charge is 2.07. The highest BCUT2D eigenvalue weighted by Crippen LogP contribution is 2.28. The Morgan fingerprint density at radius 2 is 1.85 bits per heavy atom. The molecule has 3 rings (SSSR count). The lowest BCUT2D eigenvalue weighted by atomic mass is 10.1. The van der Waals surface area contributed by atoms with Crippen LogP contribution in [0.4, 0.5) is 10.8 Å². The Kier molecular flexibility index (Phi) is 6.62. The summed E-state index contributed by atoms with van der Waals surface area (Å²) in [6.45, 7) is 3.03. The maximum Gasteiger partial charge on any atom is 0.255 e. The van der Waals surface area contributed by atoms with Gasteiger partial charge in [-0.1, -0.05) is 60.4 Å². The van der Waals surface area contributed by atoms with E-state index < -0.39 is 0 Å². The van der Waals surface area contributed by atoms with E-state index in [-0.39, 0.29) is 5.91 Å². The van der Waals surface area contributed by atoms with E-state index in [9.17, 15) is 4.79 Å². The predicted octanol–water partition coefficient (Wildman–Crippen LogP) is 4.90. The lowest BCUT2D eigenvalue weighted by Crippen LogP contribution is -2.11. The molecule has 7 heteroatoms. The third-order valence-corrected chi connectivity index (χ3v) is 5.63. The molecular weight excluding hydrogens is 364 g/mol. The van der Waals surface area contributed by atoms with E-state index in [1.807, 2.05) is 54.6 Å². The zero-order valence-corrected chi connectivity index (χ0v) is 16.1. The SMILES string of the molecule is CCCNc1nnc(SCc2ccc(C(=O)Nc3ccccc3)cc2)s1. The van der Waals surface area contributed by atoms with Crippen molar-refractivity contribution >= 4 is 39.8 Å². The quantitative estimate of drug-likeness (QED) is 0.541. The average Bonchev–Trinajstić information content (AvgIpc) is 3.14. The Hall–Kier alpha value is -2.38. The van der Waals surface area contributed by atoms with Crippen molar-refractivity contribution in [2.45, 2.75) is 23.4 Å². The van der Waals surface area contributed by atoms with Gasteiger partial charge in [-0.3, -0.25) is 4.79 Å². The molecule has 0 saturated heterocycles. The van der Waals surface area contributed by atoms with Crippen molar-refractivity contribution in [3.8, 4) is 0 Å². The Morgan fingerprint density at radius 3 is 2.58 bits per heavy atom. The van der Waals surface area contributed by atoms with Crippen LogP contribution in [0.3, 0.4) is 0 Å². The van der Waals surface area contributed by atoms with Gasteiger partial charge in [0.15, 0.2) is 4.34 Å². The first kappa shape index (κ1) is 18.4. The second-order valence-electron chi connectivity index (χ2n) is 5.61. The molecule has 2 N–H and O–H groups in total. The number of hydrogen-bond donors (Lipinski definition) is 2. The summed E-state index contributed by atoms with van der Waals surface area (Å²) in [4.78, 5) is 12.3. The fourth-order valence-corrected chi connectivity index (χ4v) is 3.93. The van der Waals surface area contributed by atoms with Crippen LogP contribution < -0.4 is 10.6 Å². The average molecular weight is 385 g/mol. The summed E-state index contributed by atoms with van der Waals surface area (Å²) in [5, 5.41) is 15.3. The number of benzene rings is 2. The fraction of sp³-hybridized carbons (Fsp3) is 0.211. The summed E-state index contributed by atoms with van der Waals surface area (Å²) < 4.78 is 0.939. The minimum absolute atomic E-state index is 0.105. The van der Waals surface area contributed by atoms with Crippen LogP contribution in [0.25, 0.3) is 0 Å². The summed E-state index contributed by atoms with van der Waals surface area (Å²) in [6.07, 6.45) is 1.06. The van der Waals surface area contributed by atoms with Crippen LogP contribution in [0.2, 0.25) is 0 Å². The first-order valence-electron chi connectivity index (χ1n) is 8.40. The molecule has 1 heterocycles. The van der Waals surface area contributed by atoms with Gasteiger partial charge in [-0.05, 0) is 36.2 Å². The van der Waals surface area contributed by atoms with Gasteiger partial charge in [0.25, 0.3) is 5.91 Å². The van der Waals surface area contributed by atoms with Crippen LogP contribution >= 0.6 is 23.1 Å². The molecular formula is C19H20N4OS2. The Balaban J connectivity index is 1.52. The van der Waals surface area contributed by atoms with Gasteiger partial charge in [0.05, 0.1) is 0 Å². The van der Waals surface area contributed by atoms with Crippen molar-refractivity contribution < 1.29 is 4.79 Å². The summed E-state index contributed by atoms with van der Waals surface area (Å²) in [5.41, 5.74) is 2.58. The van der Waals surface area contributed by atoms with Gasteiger partial charge in [-0.25, -0.2) is 0 Å². The maximum absolute atomic E-state index is 12.3. The highest BCUT2D eigenvalue weighted by molar-refractivity contribution is 8.00. The van der Waals surface area contributed by atoms with E-state index >= 15 is 0 Å². The number of hydrogen-bond acceptors (Lipinski definition) is 6. The molecule has 5 nitrogen and oxygen atoms in total. The van der Waals surface area contributed by atoms with Crippen LogP contribution in [0.5, 0.6) is 0 Å². The summed E-state index contributed by atoms with van der Waals surface area (Å²) >= 11 is 3.22. The first-order valence-corrected chi connectivity index (χ1v) is 10.2. The molecule has 0 fully saturated rings. The fourth-order valence-electron chi connectivity index (χ4n) is 2.19. The van der Waals surface area contributed by atoms with Gasteiger partial charge < -0.3 is 10.6 Å². The number of thioether (sulfide) groups is 1. The van der Waals surface area contributed by atoms with E-state index in [0.717, 1.165) is 39.4 Å². The topological polar surface area (TPSA) is 66.9 Å². The van der Waals surface area contributed by atoms with E-state index in [4.69, 9.17) is 0 Å². The number of para-hydroxylation sites is 1. The molecule has 0 radical (unpaired) electrons. The molecule has 0 bridgehead atoms. The number of nitrogens with one attached hydrogen (secondary N) is 2. The van der Waals surface area contributed by atoms with Gasteiger partial charge in [0.2, 0.25) is 5.13 Å². The third kappa shape index (κ3) is 5.31. The standard InChI is InChI=1S/C19H20N4OS2/c1-2-12-20-18-22-23-19(26-18)25-13-14-8-10-15(11-9-14)17(24)21-16-6-4-3-5-7-16/h3-11H,2,12-13H2,1H3,(H,20,22)(H,21,24). The van der Waals surface area contributed by atoms with Gasteiger partial charge in [-0.2, -0.15) is 0 Å². The van der Waals surface area contributed by atoms with E-state index in [1.165, 1.54) is 0 Å². The number of aromatic nitrogens is 2. The molecule has 0 aliphatic heterocycles. The molecule has 0 atom stereocenters. The van der Waals surface area contributed by atoms with Crippen molar-refractivity contribution in [2.24, 2.45) is 0 Å². The maximum atomic E-state index is 12.3. The molecule has 0 aliphatic rings. The summed E-state index contributed by atoms with van der Waals surface area (Å²) in [6, 6.07) is 17.1. The molecule has 1 amide bonds. The molecule has 26 heavy (non-hydrogen) atoms. The smallest absolute Gasteiger partial charge is 0.255 e. The van der Waals surface area contributed by atoms with E-state index in [1.54, 1.807) is 23.1 Å². The molecule has 0 saturated carbocycles. The highest BCUT2D eigenvalue weighted by atomic mass is 32.2. The van der Waals surface area contributed by atoms with Crippen LogP contribution in [0.1, 0.15) is 29.3 Å². The van der Waals surface area contributed by atoms with Gasteiger partial charge in [-0.15, -0.1) is 10.2 Å². The van der Waals surface area contributed by atoms with Gasteiger partial charge >= 0.3 is 0 Å². The minimum atomic E-state index is -0.105. The Labute approximate surface area is 161 Å². The number of carbonyl (C=O) groups is 1. The van der Waals surface area contributed by atoms with Gasteiger partial charge in [0.1, 0.15) is 0 Å². The second-order valence-corrected chi connectivity index (χ2v) is 7.81. The van der Waals surface area contributed by atoms with E-state index in [0.29, 0.717) is 5.56 Å². The molecule has 1 aromatic heterocycles. The zero-order chi connectivity index (χ0) is 18.2. The Morgan fingerprint density at radius 1 is 1.08 bits per heavy atom. The number of nitrogens with zero attached hydrogens (tertiary/aromatic N) is 2. The number of carbonyl (C=O) groups excluding carboxylic acids is 1. The van der Waals surface area contributed by atoms with Crippen molar-refractivity contribution in [1.82, 2.24) is 10.2 Å². The van der Waals surface area contributed by atoms with Crippen LogP contribution in [-0.4, -0.2) is 22.6 Å². The molecule has 0 aliphatic carbocycles. The normalized spacial score (nSPS) is 10.5. The molecule has 0 unspecified atom stereocenters. The second kappa shape index (κ2) is 9.35. The van der Waals surface area contributed by atoms with Gasteiger partial charge in [0, 0.05) is 23.5 Å². The van der Waals surface area contributed by atoms with Crippen molar-refractivity contribution in [3.63, 3.8) is 0 Å². The largest absolute Gasteiger partial charge is 0.360 e. The number of amides is 1. The van der Waals surface area contributed by atoms with Crippen LogP contribution in [0, 0.1) is 0 Å². The minimum Gasteiger partial charge on any atom is -0.360 e. The van der Waals surface area contributed by atoms with Crippen molar-refractivity contribution in [2.75, 3.05) is 17.2 Å². The zero-order valence-electron chi connectivity index (χ0n) is 14.4. The third-order valence-electron chi connectivity index (χ3n) is 3.54. The molecule has 3 aromatic rings. The molecule has 134 valence electrons.